The van der Waals surface area contributed by atoms with Crippen molar-refractivity contribution in [3.05, 3.63) is 114 Å². The summed E-state index contributed by atoms with van der Waals surface area (Å²) in [5, 5.41) is 5.79. The summed E-state index contributed by atoms with van der Waals surface area (Å²) in [4.78, 5) is 11.6. The van der Waals surface area contributed by atoms with E-state index in [1.165, 1.54) is 17.8 Å². The van der Waals surface area contributed by atoms with Crippen LogP contribution in [0.15, 0.2) is 103 Å². The van der Waals surface area contributed by atoms with Crippen LogP contribution in [-0.2, 0) is 11.2 Å². The lowest BCUT2D eigenvalue weighted by Gasteiger charge is -2.15. The molecule has 0 saturated carbocycles. The Morgan fingerprint density at radius 2 is 1.90 bits per heavy atom. The van der Waals surface area contributed by atoms with Gasteiger partial charge in [0.05, 0.1) is 12.0 Å². The first-order chi connectivity index (χ1) is 14.9. The van der Waals surface area contributed by atoms with E-state index in [2.05, 4.69) is 42.3 Å². The van der Waals surface area contributed by atoms with Gasteiger partial charge < -0.3 is 27.8 Å². The molecular formula is C25H31N5O. The second-order valence-electron chi connectivity index (χ2n) is 7.17. The Morgan fingerprint density at radius 3 is 2.58 bits per heavy atom. The molecule has 0 radical (unpaired) electrons. The van der Waals surface area contributed by atoms with Gasteiger partial charge in [-0.05, 0) is 65.6 Å². The highest BCUT2D eigenvalue weighted by molar-refractivity contribution is 5.98. The minimum absolute atomic E-state index is 0.0842. The molecule has 8 N–H and O–H groups in total. The molecule has 31 heavy (non-hydrogen) atoms. The minimum Gasteiger partial charge on any atom is -0.405 e. The van der Waals surface area contributed by atoms with Gasteiger partial charge in [0.15, 0.2) is 0 Å². The Bertz CT molecular complexity index is 963. The zero-order chi connectivity index (χ0) is 22.6. The van der Waals surface area contributed by atoms with Crippen molar-refractivity contribution < 1.29 is 4.79 Å². The van der Waals surface area contributed by atoms with Gasteiger partial charge in [-0.25, -0.2) is 0 Å². The first-order valence-corrected chi connectivity index (χ1v) is 10.1. The van der Waals surface area contributed by atoms with E-state index in [-0.39, 0.29) is 11.8 Å². The van der Waals surface area contributed by atoms with Gasteiger partial charge in [-0.1, -0.05) is 62.0 Å². The number of rotatable bonds is 10. The van der Waals surface area contributed by atoms with Crippen molar-refractivity contribution in [2.45, 2.75) is 25.4 Å². The number of anilines is 1. The Labute approximate surface area is 184 Å². The zero-order valence-corrected chi connectivity index (χ0v) is 17.8. The zero-order valence-electron chi connectivity index (χ0n) is 17.8. The number of hydrogen-bond acceptors (Lipinski definition) is 5. The SMILES string of the molecule is C=CC(=O)Nc1cccc(C(C)/C=C(\C=C(/N)NC(N)/C=C\N)Cc2ccccc2)c1. The molecule has 0 aromatic heterocycles. The Hall–Kier alpha value is -3.77. The van der Waals surface area contributed by atoms with Crippen LogP contribution in [0.3, 0.4) is 0 Å². The molecule has 0 bridgehead atoms. The minimum atomic E-state index is -0.471. The smallest absolute Gasteiger partial charge is 0.247 e. The van der Waals surface area contributed by atoms with Gasteiger partial charge >= 0.3 is 0 Å². The molecule has 0 saturated heterocycles. The summed E-state index contributed by atoms with van der Waals surface area (Å²) in [5.74, 6) is 0.294. The van der Waals surface area contributed by atoms with E-state index in [1.54, 1.807) is 6.08 Å². The highest BCUT2D eigenvalue weighted by Crippen LogP contribution is 2.23. The summed E-state index contributed by atoms with van der Waals surface area (Å²) in [7, 11) is 0. The second kappa shape index (κ2) is 12.0. The van der Waals surface area contributed by atoms with Crippen molar-refractivity contribution in [1.82, 2.24) is 5.32 Å². The van der Waals surface area contributed by atoms with Crippen LogP contribution in [0.2, 0.25) is 0 Å². The number of amides is 1. The maximum atomic E-state index is 11.6. The molecule has 0 aliphatic carbocycles. The van der Waals surface area contributed by atoms with Gasteiger partial charge in [0, 0.05) is 5.69 Å². The molecule has 0 heterocycles. The number of nitrogens with one attached hydrogen (secondary N) is 2. The fourth-order valence-corrected chi connectivity index (χ4v) is 3.10. The molecular weight excluding hydrogens is 386 g/mol. The topological polar surface area (TPSA) is 119 Å². The van der Waals surface area contributed by atoms with Crippen LogP contribution in [0.25, 0.3) is 0 Å². The van der Waals surface area contributed by atoms with E-state index >= 15 is 0 Å². The fourth-order valence-electron chi connectivity index (χ4n) is 3.10. The first-order valence-electron chi connectivity index (χ1n) is 10.1. The summed E-state index contributed by atoms with van der Waals surface area (Å²) >= 11 is 0. The van der Waals surface area contributed by atoms with Crippen LogP contribution in [0.5, 0.6) is 0 Å². The molecule has 2 aromatic carbocycles. The molecule has 0 fully saturated rings. The molecule has 2 rings (SSSR count). The lowest BCUT2D eigenvalue weighted by Crippen LogP contribution is -2.37. The van der Waals surface area contributed by atoms with Crippen molar-refractivity contribution in [3.8, 4) is 0 Å². The number of carbonyl (C=O) groups excluding carboxylic acids is 1. The largest absolute Gasteiger partial charge is 0.405 e. The number of carbonyl (C=O) groups is 1. The molecule has 0 aliphatic rings. The monoisotopic (exact) mass is 417 g/mol. The molecule has 2 aromatic rings. The molecule has 1 amide bonds. The van der Waals surface area contributed by atoms with Crippen molar-refractivity contribution in [3.63, 3.8) is 0 Å². The predicted molar refractivity (Wildman–Crippen MR) is 129 cm³/mol. The van der Waals surface area contributed by atoms with Gasteiger partial charge in [-0.2, -0.15) is 0 Å². The molecule has 162 valence electrons. The predicted octanol–water partition coefficient (Wildman–Crippen LogP) is 3.23. The van der Waals surface area contributed by atoms with E-state index < -0.39 is 6.17 Å². The van der Waals surface area contributed by atoms with Crippen molar-refractivity contribution in [2.24, 2.45) is 17.2 Å². The maximum Gasteiger partial charge on any atom is 0.247 e. The third kappa shape index (κ3) is 8.24. The molecule has 2 unspecified atom stereocenters. The maximum absolute atomic E-state index is 11.6. The summed E-state index contributed by atoms with van der Waals surface area (Å²) in [6.45, 7) is 5.58. The van der Waals surface area contributed by atoms with E-state index in [0.717, 1.165) is 16.8 Å². The first kappa shape index (κ1) is 23.5. The highest BCUT2D eigenvalue weighted by Gasteiger charge is 2.08. The van der Waals surface area contributed by atoms with Crippen molar-refractivity contribution in [2.75, 3.05) is 5.32 Å². The summed E-state index contributed by atoms with van der Waals surface area (Å²) in [6.07, 6.45) is 8.53. The van der Waals surface area contributed by atoms with Crippen molar-refractivity contribution in [1.29, 1.82) is 0 Å². The van der Waals surface area contributed by atoms with Crippen molar-refractivity contribution >= 4 is 11.6 Å². The summed E-state index contributed by atoms with van der Waals surface area (Å²) in [5.41, 5.74) is 21.5. The van der Waals surface area contributed by atoms with Crippen LogP contribution in [0.1, 0.15) is 24.0 Å². The summed E-state index contributed by atoms with van der Waals surface area (Å²) in [6, 6.07) is 17.9. The van der Waals surface area contributed by atoms with Crippen LogP contribution in [-0.4, -0.2) is 12.1 Å². The molecule has 0 spiro atoms. The fraction of sp³-hybridized carbons (Fsp3) is 0.160. The standard InChI is InChI=1S/C25H31N5O/c1-3-25(31)29-22-11-7-10-21(17-22)18(2)14-20(15-19-8-5-4-6-9-19)16-24(28)30-23(27)12-13-26/h3-14,16-18,23,30H,1,15,26-28H2,2H3,(H,29,31)/b13-12-,20-14-,24-16+. The van der Waals surface area contributed by atoms with E-state index in [1.807, 2.05) is 48.5 Å². The van der Waals surface area contributed by atoms with Gasteiger partial charge in [-0.3, -0.25) is 4.79 Å². The van der Waals surface area contributed by atoms with Crippen LogP contribution < -0.4 is 27.8 Å². The molecule has 6 nitrogen and oxygen atoms in total. The average Bonchev–Trinajstić information content (AvgIpc) is 2.74. The van der Waals surface area contributed by atoms with Crippen LogP contribution in [0.4, 0.5) is 5.69 Å². The second-order valence-corrected chi connectivity index (χ2v) is 7.17. The van der Waals surface area contributed by atoms with Gasteiger partial charge in [0.25, 0.3) is 0 Å². The van der Waals surface area contributed by atoms with Crippen LogP contribution in [0, 0.1) is 0 Å². The summed E-state index contributed by atoms with van der Waals surface area (Å²) < 4.78 is 0. The number of allylic oxidation sites excluding steroid dienone is 3. The van der Waals surface area contributed by atoms with E-state index in [9.17, 15) is 4.79 Å². The Balaban J connectivity index is 2.30. The van der Waals surface area contributed by atoms with Gasteiger partial charge in [0.1, 0.15) is 0 Å². The normalized spacial score (nSPS) is 14.1. The van der Waals surface area contributed by atoms with E-state index in [0.29, 0.717) is 12.2 Å². The number of nitrogens with two attached hydrogens (primary N) is 3. The molecule has 2 atom stereocenters. The molecule has 0 aliphatic heterocycles. The number of hydrogen-bond donors (Lipinski definition) is 5. The average molecular weight is 418 g/mol. The highest BCUT2D eigenvalue weighted by atomic mass is 16.1. The third-order valence-corrected chi connectivity index (χ3v) is 4.57. The van der Waals surface area contributed by atoms with E-state index in [4.69, 9.17) is 17.2 Å². The quantitative estimate of drug-likeness (QED) is 0.231. The third-order valence-electron chi connectivity index (χ3n) is 4.57. The lowest BCUT2D eigenvalue weighted by atomic mass is 9.95. The van der Waals surface area contributed by atoms with Crippen LogP contribution >= 0.6 is 0 Å². The Kier molecular flexibility index (Phi) is 9.13. The Morgan fingerprint density at radius 1 is 1.16 bits per heavy atom. The molecule has 6 heteroatoms. The van der Waals surface area contributed by atoms with Gasteiger partial charge in [-0.15, -0.1) is 0 Å². The van der Waals surface area contributed by atoms with Gasteiger partial charge in [0.2, 0.25) is 5.91 Å². The number of benzene rings is 2. The lowest BCUT2D eigenvalue weighted by molar-refractivity contribution is -0.111.